The van der Waals surface area contributed by atoms with E-state index >= 15 is 0 Å². The van der Waals surface area contributed by atoms with Crippen molar-refractivity contribution in [2.24, 2.45) is 0 Å². The van der Waals surface area contributed by atoms with E-state index in [1.165, 1.54) is 12.1 Å². The molecule has 9 heteroatoms. The molecule has 0 fully saturated rings. The normalized spacial score (nSPS) is 10.2. The van der Waals surface area contributed by atoms with E-state index in [4.69, 9.17) is 47.0 Å². The largest absolute Gasteiger partial charge is 0.332 e. The molecule has 0 aromatic heterocycles. The van der Waals surface area contributed by atoms with Crippen LogP contribution in [0, 0.1) is 0 Å². The zero-order valence-corrected chi connectivity index (χ0v) is 18.3. The highest BCUT2D eigenvalue weighted by Crippen LogP contribution is 2.21. The number of rotatable bonds is 4. The Morgan fingerprint density at radius 1 is 0.733 bits per heavy atom. The SMILES string of the molecule is O=C(Nc1ccc(NC(=S)NC(=O)c2ccc(Cl)cc2Cl)cc1)c1cccc(Cl)c1. The first kappa shape index (κ1) is 22.1. The molecular weight excluding hydrogens is 465 g/mol. The van der Waals surface area contributed by atoms with Crippen molar-refractivity contribution < 1.29 is 9.59 Å². The summed E-state index contributed by atoms with van der Waals surface area (Å²) in [5, 5.41) is 9.46. The van der Waals surface area contributed by atoms with E-state index in [1.54, 1.807) is 54.6 Å². The highest BCUT2D eigenvalue weighted by molar-refractivity contribution is 7.80. The monoisotopic (exact) mass is 477 g/mol. The number of carbonyl (C=O) groups excluding carboxylic acids is 2. The summed E-state index contributed by atoms with van der Waals surface area (Å²) in [5.41, 5.74) is 1.93. The van der Waals surface area contributed by atoms with Crippen molar-refractivity contribution in [3.05, 3.63) is 92.9 Å². The minimum Gasteiger partial charge on any atom is -0.332 e. The van der Waals surface area contributed by atoms with Crippen molar-refractivity contribution in [3.63, 3.8) is 0 Å². The molecule has 30 heavy (non-hydrogen) atoms. The fourth-order valence-electron chi connectivity index (χ4n) is 2.48. The summed E-state index contributed by atoms with van der Waals surface area (Å²) >= 11 is 22.9. The van der Waals surface area contributed by atoms with Crippen LogP contribution in [0.3, 0.4) is 0 Å². The lowest BCUT2D eigenvalue weighted by atomic mass is 10.2. The molecule has 0 saturated heterocycles. The van der Waals surface area contributed by atoms with Crippen molar-refractivity contribution >= 4 is 75.3 Å². The van der Waals surface area contributed by atoms with Gasteiger partial charge in [0.25, 0.3) is 11.8 Å². The van der Waals surface area contributed by atoms with Crippen LogP contribution < -0.4 is 16.0 Å². The van der Waals surface area contributed by atoms with Gasteiger partial charge in [-0.05, 0) is 72.9 Å². The van der Waals surface area contributed by atoms with Crippen LogP contribution in [-0.4, -0.2) is 16.9 Å². The summed E-state index contributed by atoms with van der Waals surface area (Å²) in [5.74, 6) is -0.736. The van der Waals surface area contributed by atoms with Gasteiger partial charge in [0.1, 0.15) is 0 Å². The Labute approximate surface area is 193 Å². The molecule has 0 bridgehead atoms. The van der Waals surface area contributed by atoms with E-state index in [-0.39, 0.29) is 21.6 Å². The molecule has 5 nitrogen and oxygen atoms in total. The van der Waals surface area contributed by atoms with E-state index in [2.05, 4.69) is 16.0 Å². The van der Waals surface area contributed by atoms with Gasteiger partial charge in [0.05, 0.1) is 10.6 Å². The molecule has 0 aliphatic rings. The predicted octanol–water partition coefficient (Wildman–Crippen LogP) is 6.03. The maximum Gasteiger partial charge on any atom is 0.258 e. The second-order valence-corrected chi connectivity index (χ2v) is 7.76. The third kappa shape index (κ3) is 5.93. The van der Waals surface area contributed by atoms with E-state index in [0.29, 0.717) is 27.0 Å². The number of hydrogen-bond donors (Lipinski definition) is 3. The van der Waals surface area contributed by atoms with Gasteiger partial charge in [-0.1, -0.05) is 40.9 Å². The number of halogens is 3. The van der Waals surface area contributed by atoms with Crippen molar-refractivity contribution in [1.82, 2.24) is 5.32 Å². The third-order valence-electron chi connectivity index (χ3n) is 3.89. The quantitative estimate of drug-likeness (QED) is 0.401. The molecule has 3 rings (SSSR count). The minimum absolute atomic E-state index is 0.0988. The Hall–Kier alpha value is -2.64. The number of nitrogens with one attached hydrogen (secondary N) is 3. The summed E-state index contributed by atoms with van der Waals surface area (Å²) in [6.45, 7) is 0. The summed E-state index contributed by atoms with van der Waals surface area (Å²) in [6, 6.07) is 18.0. The average molecular weight is 479 g/mol. The van der Waals surface area contributed by atoms with Crippen LogP contribution in [0.2, 0.25) is 15.1 Å². The smallest absolute Gasteiger partial charge is 0.258 e. The molecule has 152 valence electrons. The third-order valence-corrected chi connectivity index (χ3v) is 4.88. The van der Waals surface area contributed by atoms with Gasteiger partial charge >= 0.3 is 0 Å². The van der Waals surface area contributed by atoms with Crippen LogP contribution in [0.25, 0.3) is 0 Å². The maximum absolute atomic E-state index is 12.3. The van der Waals surface area contributed by atoms with Gasteiger partial charge in [0.15, 0.2) is 5.11 Å². The molecule has 0 radical (unpaired) electrons. The van der Waals surface area contributed by atoms with Crippen LogP contribution >= 0.6 is 47.0 Å². The van der Waals surface area contributed by atoms with Crippen LogP contribution in [0.5, 0.6) is 0 Å². The Morgan fingerprint density at radius 2 is 1.37 bits per heavy atom. The molecule has 2 amide bonds. The second kappa shape index (κ2) is 9.91. The number of thiocarbonyl (C=S) groups is 1. The van der Waals surface area contributed by atoms with Crippen LogP contribution in [0.1, 0.15) is 20.7 Å². The van der Waals surface area contributed by atoms with E-state index < -0.39 is 5.91 Å². The van der Waals surface area contributed by atoms with Crippen LogP contribution in [0.4, 0.5) is 11.4 Å². The van der Waals surface area contributed by atoms with Crippen molar-refractivity contribution in [2.75, 3.05) is 10.6 Å². The Kier molecular flexibility index (Phi) is 7.29. The van der Waals surface area contributed by atoms with Crippen molar-refractivity contribution in [2.45, 2.75) is 0 Å². The summed E-state index contributed by atoms with van der Waals surface area (Å²) < 4.78 is 0. The Bertz CT molecular complexity index is 1120. The molecule has 0 spiro atoms. The first-order chi connectivity index (χ1) is 14.3. The molecule has 0 unspecified atom stereocenters. The van der Waals surface area contributed by atoms with Gasteiger partial charge in [0.2, 0.25) is 0 Å². The first-order valence-corrected chi connectivity index (χ1v) is 10.1. The molecule has 0 atom stereocenters. The van der Waals surface area contributed by atoms with Gasteiger partial charge in [-0.2, -0.15) is 0 Å². The minimum atomic E-state index is -0.459. The number of benzene rings is 3. The first-order valence-electron chi connectivity index (χ1n) is 8.56. The fraction of sp³-hybridized carbons (Fsp3) is 0. The lowest BCUT2D eigenvalue weighted by Gasteiger charge is -2.11. The molecule has 0 aliphatic heterocycles. The highest BCUT2D eigenvalue weighted by Gasteiger charge is 2.12. The van der Waals surface area contributed by atoms with Crippen LogP contribution in [0.15, 0.2) is 66.7 Å². The Balaban J connectivity index is 1.57. The number of hydrogen-bond acceptors (Lipinski definition) is 3. The topological polar surface area (TPSA) is 70.2 Å². The van der Waals surface area contributed by atoms with Gasteiger partial charge in [-0.15, -0.1) is 0 Å². The average Bonchev–Trinajstić information content (AvgIpc) is 2.69. The second-order valence-electron chi connectivity index (χ2n) is 6.07. The standard InChI is InChI=1S/C21H14Cl3N3O2S/c22-13-3-1-2-12(10-13)19(28)25-15-5-7-16(8-6-15)26-21(30)27-20(29)17-9-4-14(23)11-18(17)24/h1-11H,(H,25,28)(H2,26,27,29,30). The molecular formula is C21H14Cl3N3O2S. The molecule has 0 aliphatic carbocycles. The van der Waals surface area contributed by atoms with Gasteiger partial charge in [-0.25, -0.2) is 0 Å². The van der Waals surface area contributed by atoms with Crippen molar-refractivity contribution in [3.8, 4) is 0 Å². The summed E-state index contributed by atoms with van der Waals surface area (Å²) in [7, 11) is 0. The number of carbonyl (C=O) groups is 2. The molecule has 3 aromatic rings. The van der Waals surface area contributed by atoms with Gasteiger partial charge in [0, 0.05) is 27.0 Å². The van der Waals surface area contributed by atoms with E-state index in [0.717, 1.165) is 0 Å². The Morgan fingerprint density at radius 3 is 2.00 bits per heavy atom. The molecule has 3 N–H and O–H groups in total. The van der Waals surface area contributed by atoms with E-state index in [1.807, 2.05) is 0 Å². The van der Waals surface area contributed by atoms with E-state index in [9.17, 15) is 9.59 Å². The maximum atomic E-state index is 12.3. The highest BCUT2D eigenvalue weighted by atomic mass is 35.5. The van der Waals surface area contributed by atoms with Gasteiger partial charge < -0.3 is 10.6 Å². The zero-order chi connectivity index (χ0) is 21.7. The summed E-state index contributed by atoms with van der Waals surface area (Å²) in [6.07, 6.45) is 0. The summed E-state index contributed by atoms with van der Waals surface area (Å²) in [4.78, 5) is 24.5. The lowest BCUT2D eigenvalue weighted by molar-refractivity contribution is 0.0976. The zero-order valence-electron chi connectivity index (χ0n) is 15.2. The van der Waals surface area contributed by atoms with Crippen molar-refractivity contribution in [1.29, 1.82) is 0 Å². The molecule has 0 heterocycles. The van der Waals surface area contributed by atoms with Crippen LogP contribution in [-0.2, 0) is 0 Å². The number of amides is 2. The predicted molar refractivity (Wildman–Crippen MR) is 126 cm³/mol. The molecule has 0 saturated carbocycles. The van der Waals surface area contributed by atoms with Gasteiger partial charge in [-0.3, -0.25) is 14.9 Å². The molecule has 3 aromatic carbocycles. The fourth-order valence-corrected chi connectivity index (χ4v) is 3.37. The lowest BCUT2D eigenvalue weighted by Crippen LogP contribution is -2.34. The number of anilines is 2.